The number of hydrogen-bond donors (Lipinski definition) is 0. The second-order valence-electron chi connectivity index (χ2n) is 6.42. The molecule has 0 spiro atoms. The molecule has 0 unspecified atom stereocenters. The van der Waals surface area contributed by atoms with Crippen LogP contribution < -0.4 is 4.90 Å². The number of carbonyl (C=O) groups is 1. The first-order valence-electron chi connectivity index (χ1n) is 8.91. The lowest BCUT2D eigenvalue weighted by atomic mass is 10.1. The quantitative estimate of drug-likeness (QED) is 0.696. The van der Waals surface area contributed by atoms with Crippen molar-refractivity contribution in [1.29, 1.82) is 0 Å². The molecule has 3 aromatic rings. The van der Waals surface area contributed by atoms with Crippen molar-refractivity contribution in [2.45, 2.75) is 12.5 Å². The molecule has 1 aliphatic heterocycles. The van der Waals surface area contributed by atoms with Crippen molar-refractivity contribution in [3.8, 4) is 0 Å². The van der Waals surface area contributed by atoms with Gasteiger partial charge in [0.05, 0.1) is 12.5 Å². The SMILES string of the molecule is O=C(C[C@H](c1cccs1)n1cccc1)N1CCN(c2ccccn2)CC1. The van der Waals surface area contributed by atoms with Crippen molar-refractivity contribution < 1.29 is 4.79 Å². The average molecular weight is 366 g/mol. The first kappa shape index (κ1) is 16.8. The summed E-state index contributed by atoms with van der Waals surface area (Å²) in [6, 6.07) is 14.2. The first-order chi connectivity index (χ1) is 12.8. The lowest BCUT2D eigenvalue weighted by Crippen LogP contribution is -2.49. The molecule has 5 nitrogen and oxygen atoms in total. The molecule has 1 amide bonds. The van der Waals surface area contributed by atoms with Crippen LogP contribution in [-0.4, -0.2) is 46.5 Å². The van der Waals surface area contributed by atoms with E-state index in [1.54, 1.807) is 11.3 Å². The minimum Gasteiger partial charge on any atom is -0.353 e. The van der Waals surface area contributed by atoms with Gasteiger partial charge in [-0.15, -0.1) is 11.3 Å². The fraction of sp³-hybridized carbons (Fsp3) is 0.300. The van der Waals surface area contributed by atoms with Gasteiger partial charge in [0.15, 0.2) is 0 Å². The van der Waals surface area contributed by atoms with Crippen molar-refractivity contribution in [1.82, 2.24) is 14.5 Å². The van der Waals surface area contributed by atoms with Gasteiger partial charge < -0.3 is 14.4 Å². The number of rotatable bonds is 5. The van der Waals surface area contributed by atoms with Crippen molar-refractivity contribution >= 4 is 23.1 Å². The van der Waals surface area contributed by atoms with Crippen molar-refractivity contribution in [3.05, 3.63) is 71.3 Å². The highest BCUT2D eigenvalue weighted by Gasteiger charge is 2.25. The van der Waals surface area contributed by atoms with Crippen LogP contribution >= 0.6 is 11.3 Å². The van der Waals surface area contributed by atoms with Crippen LogP contribution in [0.3, 0.4) is 0 Å². The maximum absolute atomic E-state index is 12.9. The number of nitrogens with zero attached hydrogens (tertiary/aromatic N) is 4. The molecule has 4 rings (SSSR count). The van der Waals surface area contributed by atoms with Crippen molar-refractivity contribution in [3.63, 3.8) is 0 Å². The normalized spacial score (nSPS) is 15.8. The minimum atomic E-state index is 0.0753. The zero-order chi connectivity index (χ0) is 17.8. The second-order valence-corrected chi connectivity index (χ2v) is 7.40. The molecular weight excluding hydrogens is 344 g/mol. The molecular formula is C20H22N4OS. The van der Waals surface area contributed by atoms with E-state index >= 15 is 0 Å². The second kappa shape index (κ2) is 7.74. The fourth-order valence-electron chi connectivity index (χ4n) is 3.41. The predicted octanol–water partition coefficient (Wildman–Crippen LogP) is 3.27. The number of anilines is 1. The van der Waals surface area contributed by atoms with Gasteiger partial charge in [-0.25, -0.2) is 4.98 Å². The molecule has 6 heteroatoms. The van der Waals surface area contributed by atoms with Crippen molar-refractivity contribution in [2.24, 2.45) is 0 Å². The van der Waals surface area contributed by atoms with E-state index in [1.807, 2.05) is 59.9 Å². The number of carbonyl (C=O) groups excluding carboxylic acids is 1. The summed E-state index contributed by atoms with van der Waals surface area (Å²) >= 11 is 1.71. The monoisotopic (exact) mass is 366 g/mol. The topological polar surface area (TPSA) is 41.4 Å². The average Bonchev–Trinajstić information content (AvgIpc) is 3.41. The lowest BCUT2D eigenvalue weighted by Gasteiger charge is -2.36. The van der Waals surface area contributed by atoms with E-state index in [0.717, 1.165) is 32.0 Å². The molecule has 0 saturated carbocycles. The maximum Gasteiger partial charge on any atom is 0.225 e. The Balaban J connectivity index is 1.40. The Morgan fingerprint density at radius 3 is 2.50 bits per heavy atom. The number of amides is 1. The summed E-state index contributed by atoms with van der Waals surface area (Å²) in [5.41, 5.74) is 0. The van der Waals surface area contributed by atoms with Crippen LogP contribution in [0.15, 0.2) is 66.4 Å². The van der Waals surface area contributed by atoms with Crippen LogP contribution in [0.2, 0.25) is 0 Å². The molecule has 0 bridgehead atoms. The van der Waals surface area contributed by atoms with Crippen molar-refractivity contribution in [2.75, 3.05) is 31.1 Å². The van der Waals surface area contributed by atoms with Gasteiger partial charge >= 0.3 is 0 Å². The molecule has 1 fully saturated rings. The van der Waals surface area contributed by atoms with Crippen LogP contribution in [0.1, 0.15) is 17.3 Å². The van der Waals surface area contributed by atoms with Gasteiger partial charge in [-0.2, -0.15) is 0 Å². The molecule has 26 heavy (non-hydrogen) atoms. The number of pyridine rings is 1. The van der Waals surface area contributed by atoms with Gasteiger partial charge in [0.25, 0.3) is 0 Å². The van der Waals surface area contributed by atoms with E-state index in [-0.39, 0.29) is 11.9 Å². The predicted molar refractivity (Wildman–Crippen MR) is 105 cm³/mol. The van der Waals surface area contributed by atoms with Gasteiger partial charge in [-0.3, -0.25) is 4.79 Å². The number of aromatic nitrogens is 2. The van der Waals surface area contributed by atoms with E-state index in [1.165, 1.54) is 4.88 Å². The number of hydrogen-bond acceptors (Lipinski definition) is 4. The van der Waals surface area contributed by atoms with Crippen LogP contribution in [0, 0.1) is 0 Å². The Labute approximate surface area is 157 Å². The van der Waals surface area contributed by atoms with Gasteiger partial charge in [0, 0.05) is 49.6 Å². The summed E-state index contributed by atoms with van der Waals surface area (Å²) < 4.78 is 2.13. The van der Waals surface area contributed by atoms with Gasteiger partial charge in [-0.05, 0) is 35.7 Å². The molecule has 1 aliphatic rings. The minimum absolute atomic E-state index is 0.0753. The third-order valence-corrected chi connectivity index (χ3v) is 5.81. The summed E-state index contributed by atoms with van der Waals surface area (Å²) in [7, 11) is 0. The lowest BCUT2D eigenvalue weighted by molar-refractivity contribution is -0.132. The molecule has 0 radical (unpaired) electrons. The number of piperazine rings is 1. The highest BCUT2D eigenvalue weighted by atomic mass is 32.1. The zero-order valence-electron chi connectivity index (χ0n) is 14.6. The third kappa shape index (κ3) is 3.65. The highest BCUT2D eigenvalue weighted by molar-refractivity contribution is 7.10. The Bertz CT molecular complexity index is 775. The van der Waals surface area contributed by atoms with Crippen LogP contribution in [-0.2, 0) is 4.79 Å². The highest BCUT2D eigenvalue weighted by Crippen LogP contribution is 2.27. The van der Waals surface area contributed by atoms with Crippen LogP contribution in [0.5, 0.6) is 0 Å². The molecule has 3 aromatic heterocycles. The molecule has 0 aliphatic carbocycles. The summed E-state index contributed by atoms with van der Waals surface area (Å²) in [4.78, 5) is 22.8. The molecule has 134 valence electrons. The van der Waals surface area contributed by atoms with Gasteiger partial charge in [-0.1, -0.05) is 12.1 Å². The summed E-state index contributed by atoms with van der Waals surface area (Å²) in [6.45, 7) is 3.16. The van der Waals surface area contributed by atoms with E-state index in [4.69, 9.17) is 0 Å². The third-order valence-electron chi connectivity index (χ3n) is 4.83. The Hall–Kier alpha value is -2.60. The smallest absolute Gasteiger partial charge is 0.225 e. The van der Waals surface area contributed by atoms with E-state index in [0.29, 0.717) is 6.42 Å². The summed E-state index contributed by atoms with van der Waals surface area (Å²) in [5.74, 6) is 1.21. The molecule has 1 atom stereocenters. The Morgan fingerprint density at radius 2 is 1.85 bits per heavy atom. The van der Waals surface area contributed by atoms with Gasteiger partial charge in [0.1, 0.15) is 5.82 Å². The van der Waals surface area contributed by atoms with Gasteiger partial charge in [0.2, 0.25) is 5.91 Å². The maximum atomic E-state index is 12.9. The Kier molecular flexibility index (Phi) is 5.02. The fourth-order valence-corrected chi connectivity index (χ4v) is 4.24. The number of thiophene rings is 1. The molecule has 0 aromatic carbocycles. The standard InChI is InChI=1S/C20H22N4OS/c25-20(16-17(18-6-5-15-26-18)22-9-3-4-10-22)24-13-11-23(12-14-24)19-7-1-2-8-21-19/h1-10,15,17H,11-14,16H2/t17-/m1/s1. The van der Waals surface area contributed by atoms with E-state index < -0.39 is 0 Å². The largest absolute Gasteiger partial charge is 0.353 e. The molecule has 0 N–H and O–H groups in total. The van der Waals surface area contributed by atoms with E-state index in [9.17, 15) is 4.79 Å². The Morgan fingerprint density at radius 1 is 1.04 bits per heavy atom. The molecule has 4 heterocycles. The zero-order valence-corrected chi connectivity index (χ0v) is 15.4. The summed E-state index contributed by atoms with van der Waals surface area (Å²) in [6.07, 6.45) is 6.39. The van der Waals surface area contributed by atoms with Crippen LogP contribution in [0.25, 0.3) is 0 Å². The molecule has 1 saturated heterocycles. The van der Waals surface area contributed by atoms with E-state index in [2.05, 4.69) is 25.9 Å². The summed E-state index contributed by atoms with van der Waals surface area (Å²) in [5, 5.41) is 2.07. The van der Waals surface area contributed by atoms with Crippen LogP contribution in [0.4, 0.5) is 5.82 Å². The first-order valence-corrected chi connectivity index (χ1v) is 9.79.